The van der Waals surface area contributed by atoms with Gasteiger partial charge in [-0.3, -0.25) is 4.79 Å². The molecule has 17 heavy (non-hydrogen) atoms. The second-order valence-corrected chi connectivity index (χ2v) is 5.44. The maximum absolute atomic E-state index is 11.7. The van der Waals surface area contributed by atoms with E-state index in [1.807, 2.05) is 6.92 Å². The zero-order valence-corrected chi connectivity index (χ0v) is 10.9. The van der Waals surface area contributed by atoms with Crippen molar-refractivity contribution in [2.75, 3.05) is 13.2 Å². The standard InChI is InChI=1S/C14H25NO2/c1-2-17-14(16)13-10-12(8-9-15-13)11-6-4-3-5-7-11/h11-13,15H,2-10H2,1H3/t12-,13+/m1/s1. The molecule has 1 saturated carbocycles. The van der Waals surface area contributed by atoms with Crippen LogP contribution in [-0.2, 0) is 9.53 Å². The molecule has 98 valence electrons. The molecule has 2 rings (SSSR count). The molecule has 0 spiro atoms. The van der Waals surface area contributed by atoms with Crippen LogP contribution in [0.5, 0.6) is 0 Å². The van der Waals surface area contributed by atoms with Crippen molar-refractivity contribution in [1.82, 2.24) is 5.32 Å². The van der Waals surface area contributed by atoms with Crippen molar-refractivity contribution in [3.05, 3.63) is 0 Å². The Bertz CT molecular complexity index is 249. The minimum Gasteiger partial charge on any atom is -0.465 e. The summed E-state index contributed by atoms with van der Waals surface area (Å²) in [5.41, 5.74) is 0. The fraction of sp³-hybridized carbons (Fsp3) is 0.929. The molecular formula is C14H25NO2. The van der Waals surface area contributed by atoms with Crippen LogP contribution in [0.1, 0.15) is 51.9 Å². The molecule has 1 aliphatic heterocycles. The predicted octanol–water partition coefficient (Wildman–Crippen LogP) is 2.50. The molecule has 0 aromatic heterocycles. The minimum atomic E-state index is -0.0481. The van der Waals surface area contributed by atoms with Gasteiger partial charge in [0.1, 0.15) is 6.04 Å². The number of carbonyl (C=O) groups is 1. The van der Waals surface area contributed by atoms with Crippen LogP contribution >= 0.6 is 0 Å². The van der Waals surface area contributed by atoms with Crippen molar-refractivity contribution in [2.45, 2.75) is 57.9 Å². The van der Waals surface area contributed by atoms with E-state index in [-0.39, 0.29) is 12.0 Å². The lowest BCUT2D eigenvalue weighted by atomic mass is 9.74. The van der Waals surface area contributed by atoms with Gasteiger partial charge in [-0.2, -0.15) is 0 Å². The average Bonchev–Trinajstić information content (AvgIpc) is 2.40. The number of nitrogens with one attached hydrogen (secondary N) is 1. The van der Waals surface area contributed by atoms with E-state index in [1.54, 1.807) is 0 Å². The Morgan fingerprint density at radius 2 is 1.94 bits per heavy atom. The maximum Gasteiger partial charge on any atom is 0.323 e. The average molecular weight is 239 g/mol. The molecule has 3 heteroatoms. The Balaban J connectivity index is 1.85. The zero-order valence-electron chi connectivity index (χ0n) is 10.9. The summed E-state index contributed by atoms with van der Waals surface area (Å²) in [6.45, 7) is 3.34. The summed E-state index contributed by atoms with van der Waals surface area (Å²) in [6.07, 6.45) is 9.16. The van der Waals surface area contributed by atoms with Crippen molar-refractivity contribution in [2.24, 2.45) is 11.8 Å². The van der Waals surface area contributed by atoms with Gasteiger partial charge in [0.2, 0.25) is 0 Å². The zero-order chi connectivity index (χ0) is 12.1. The van der Waals surface area contributed by atoms with Crippen molar-refractivity contribution < 1.29 is 9.53 Å². The van der Waals surface area contributed by atoms with E-state index in [9.17, 15) is 4.79 Å². The first kappa shape index (κ1) is 12.9. The Morgan fingerprint density at radius 1 is 1.18 bits per heavy atom. The molecular weight excluding hydrogens is 214 g/mol. The summed E-state index contributed by atoms with van der Waals surface area (Å²) in [5.74, 6) is 1.56. The molecule has 0 bridgehead atoms. The Hall–Kier alpha value is -0.570. The molecule has 0 amide bonds. The van der Waals surface area contributed by atoms with Crippen molar-refractivity contribution in [3.63, 3.8) is 0 Å². The highest BCUT2D eigenvalue weighted by Gasteiger charge is 2.32. The summed E-state index contributed by atoms with van der Waals surface area (Å²) in [5, 5.41) is 3.30. The van der Waals surface area contributed by atoms with E-state index in [0.717, 1.165) is 24.8 Å². The topological polar surface area (TPSA) is 38.3 Å². The molecule has 2 fully saturated rings. The van der Waals surface area contributed by atoms with Crippen LogP contribution in [0.4, 0.5) is 0 Å². The Labute approximate surface area is 104 Å². The molecule has 0 aromatic carbocycles. The van der Waals surface area contributed by atoms with Gasteiger partial charge in [0, 0.05) is 0 Å². The lowest BCUT2D eigenvalue weighted by Crippen LogP contribution is -2.46. The van der Waals surface area contributed by atoms with E-state index < -0.39 is 0 Å². The van der Waals surface area contributed by atoms with Crippen LogP contribution in [0.15, 0.2) is 0 Å². The molecule has 0 unspecified atom stereocenters. The number of piperidine rings is 1. The van der Waals surface area contributed by atoms with Gasteiger partial charge in [0.15, 0.2) is 0 Å². The number of ether oxygens (including phenoxy) is 1. The first-order valence-corrected chi connectivity index (χ1v) is 7.21. The number of hydrogen-bond acceptors (Lipinski definition) is 3. The van der Waals surface area contributed by atoms with Gasteiger partial charge in [0.25, 0.3) is 0 Å². The van der Waals surface area contributed by atoms with E-state index in [0.29, 0.717) is 6.61 Å². The summed E-state index contributed by atoms with van der Waals surface area (Å²) in [4.78, 5) is 11.7. The SMILES string of the molecule is CCOC(=O)[C@@H]1C[C@H](C2CCCCC2)CCN1. The fourth-order valence-corrected chi connectivity index (χ4v) is 3.40. The Kier molecular flexibility index (Phi) is 4.84. The van der Waals surface area contributed by atoms with Gasteiger partial charge in [-0.15, -0.1) is 0 Å². The number of hydrogen-bond donors (Lipinski definition) is 1. The van der Waals surface area contributed by atoms with Crippen LogP contribution < -0.4 is 5.32 Å². The second kappa shape index (κ2) is 6.39. The highest BCUT2D eigenvalue weighted by Crippen LogP contribution is 2.35. The van der Waals surface area contributed by atoms with Gasteiger partial charge < -0.3 is 10.1 Å². The Morgan fingerprint density at radius 3 is 2.65 bits per heavy atom. The normalized spacial score (nSPS) is 31.1. The van der Waals surface area contributed by atoms with Gasteiger partial charge in [-0.25, -0.2) is 0 Å². The second-order valence-electron chi connectivity index (χ2n) is 5.44. The van der Waals surface area contributed by atoms with E-state index in [4.69, 9.17) is 4.74 Å². The van der Waals surface area contributed by atoms with Crippen molar-refractivity contribution in [1.29, 1.82) is 0 Å². The smallest absolute Gasteiger partial charge is 0.323 e. The van der Waals surface area contributed by atoms with Gasteiger partial charge >= 0.3 is 5.97 Å². The predicted molar refractivity (Wildman–Crippen MR) is 67.7 cm³/mol. The molecule has 2 atom stereocenters. The minimum absolute atomic E-state index is 0.0457. The van der Waals surface area contributed by atoms with Gasteiger partial charge in [-0.1, -0.05) is 32.1 Å². The summed E-state index contributed by atoms with van der Waals surface area (Å²) in [7, 11) is 0. The summed E-state index contributed by atoms with van der Waals surface area (Å²) < 4.78 is 5.12. The maximum atomic E-state index is 11.7. The molecule has 1 aliphatic carbocycles. The third-order valence-corrected chi connectivity index (χ3v) is 4.33. The fourth-order valence-electron chi connectivity index (χ4n) is 3.40. The highest BCUT2D eigenvalue weighted by molar-refractivity contribution is 5.75. The summed E-state index contributed by atoms with van der Waals surface area (Å²) >= 11 is 0. The monoisotopic (exact) mass is 239 g/mol. The largest absolute Gasteiger partial charge is 0.465 e. The third kappa shape index (κ3) is 3.44. The molecule has 2 aliphatic rings. The molecule has 3 nitrogen and oxygen atoms in total. The van der Waals surface area contributed by atoms with E-state index in [2.05, 4.69) is 5.32 Å². The third-order valence-electron chi connectivity index (χ3n) is 4.33. The van der Waals surface area contributed by atoms with Crippen LogP contribution in [0, 0.1) is 11.8 Å². The van der Waals surface area contributed by atoms with Gasteiger partial charge in [0.05, 0.1) is 6.61 Å². The van der Waals surface area contributed by atoms with E-state index >= 15 is 0 Å². The van der Waals surface area contributed by atoms with Crippen molar-refractivity contribution >= 4 is 5.97 Å². The molecule has 1 saturated heterocycles. The van der Waals surface area contributed by atoms with Crippen LogP contribution in [-0.4, -0.2) is 25.2 Å². The molecule has 1 heterocycles. The lowest BCUT2D eigenvalue weighted by molar-refractivity contribution is -0.147. The van der Waals surface area contributed by atoms with Crippen LogP contribution in [0.25, 0.3) is 0 Å². The number of esters is 1. The lowest BCUT2D eigenvalue weighted by Gasteiger charge is -2.36. The van der Waals surface area contributed by atoms with Crippen LogP contribution in [0.3, 0.4) is 0 Å². The molecule has 1 N–H and O–H groups in total. The first-order valence-electron chi connectivity index (χ1n) is 7.21. The van der Waals surface area contributed by atoms with Crippen molar-refractivity contribution in [3.8, 4) is 0 Å². The number of carbonyl (C=O) groups excluding carboxylic acids is 1. The van der Waals surface area contributed by atoms with Crippen LogP contribution in [0.2, 0.25) is 0 Å². The highest BCUT2D eigenvalue weighted by atomic mass is 16.5. The molecule has 0 aromatic rings. The van der Waals surface area contributed by atoms with E-state index in [1.165, 1.54) is 38.5 Å². The first-order chi connectivity index (χ1) is 8.31. The van der Waals surface area contributed by atoms with Gasteiger partial charge in [-0.05, 0) is 38.1 Å². The summed E-state index contributed by atoms with van der Waals surface area (Å²) in [6, 6.07) is -0.0457. The molecule has 0 radical (unpaired) electrons. The number of rotatable bonds is 3. The quantitative estimate of drug-likeness (QED) is 0.769.